The molecule has 3 aromatic rings. The number of rotatable bonds is 3. The first-order valence-electron chi connectivity index (χ1n) is 8.37. The highest BCUT2D eigenvalue weighted by Gasteiger charge is 2.38. The van der Waals surface area contributed by atoms with Gasteiger partial charge in [0.05, 0.1) is 0 Å². The predicted octanol–water partition coefficient (Wildman–Crippen LogP) is 3.81. The molecule has 0 atom stereocenters. The number of H-pyrrole nitrogens is 1. The number of aryl methyl sites for hydroxylation is 2. The normalized spacial score (nSPS) is 15.8. The average molecular weight is 337 g/mol. The third-order valence-electron chi connectivity index (χ3n) is 5.02. The van der Waals surface area contributed by atoms with Gasteiger partial charge in [0.25, 0.3) is 5.91 Å². The lowest BCUT2D eigenvalue weighted by atomic mass is 9.89. The molecule has 128 valence electrons. The molecule has 0 aliphatic carbocycles. The number of hydrogen-bond donors (Lipinski definition) is 3. The molecule has 2 heterocycles. The van der Waals surface area contributed by atoms with E-state index in [0.29, 0.717) is 24.2 Å². The quantitative estimate of drug-likeness (QED) is 0.681. The highest BCUT2D eigenvalue weighted by atomic mass is 19.1. The van der Waals surface area contributed by atoms with Crippen LogP contribution in [-0.4, -0.2) is 24.0 Å². The third-order valence-corrected chi connectivity index (χ3v) is 5.02. The van der Waals surface area contributed by atoms with E-state index < -0.39 is 5.67 Å². The Kier molecular flexibility index (Phi) is 3.62. The summed E-state index contributed by atoms with van der Waals surface area (Å²) in [5.41, 5.74) is 3.71. The molecule has 4 nitrogen and oxygen atoms in total. The number of nitrogens with one attached hydrogen (secondary N) is 3. The van der Waals surface area contributed by atoms with Crippen molar-refractivity contribution < 1.29 is 9.18 Å². The van der Waals surface area contributed by atoms with Crippen LogP contribution in [0.5, 0.6) is 0 Å². The predicted molar refractivity (Wildman–Crippen MR) is 97.8 cm³/mol. The van der Waals surface area contributed by atoms with Gasteiger partial charge in [0.1, 0.15) is 0 Å². The standard InChI is InChI=1S/C20H20FN3O/c1-12-13(2)23-18-7-6-16(9-17(12)18)24-19(25)14-4-3-5-15(8-14)20(21)10-22-11-20/h3-9,22-23H,10-11H2,1-2H3,(H,24,25). The zero-order chi connectivity index (χ0) is 17.6. The third kappa shape index (κ3) is 2.70. The maximum absolute atomic E-state index is 14.5. The molecule has 2 aromatic carbocycles. The minimum Gasteiger partial charge on any atom is -0.358 e. The Hall–Kier alpha value is -2.66. The molecule has 1 aliphatic rings. The van der Waals surface area contributed by atoms with Crippen molar-refractivity contribution in [2.75, 3.05) is 18.4 Å². The van der Waals surface area contributed by atoms with Gasteiger partial charge in [0, 0.05) is 40.9 Å². The summed E-state index contributed by atoms with van der Waals surface area (Å²) in [6.07, 6.45) is 0. The minimum absolute atomic E-state index is 0.234. The van der Waals surface area contributed by atoms with E-state index in [-0.39, 0.29) is 5.91 Å². The fourth-order valence-electron chi connectivity index (χ4n) is 3.23. The molecular formula is C20H20FN3O. The summed E-state index contributed by atoms with van der Waals surface area (Å²) in [5, 5.41) is 6.94. The zero-order valence-electron chi connectivity index (χ0n) is 14.2. The maximum atomic E-state index is 14.5. The van der Waals surface area contributed by atoms with Gasteiger partial charge in [0.15, 0.2) is 5.67 Å². The molecule has 5 heteroatoms. The monoisotopic (exact) mass is 337 g/mol. The number of aromatic amines is 1. The Morgan fingerprint density at radius 1 is 1.16 bits per heavy atom. The second-order valence-electron chi connectivity index (χ2n) is 6.74. The molecule has 0 unspecified atom stereocenters. The van der Waals surface area contributed by atoms with Gasteiger partial charge in [-0.15, -0.1) is 0 Å². The van der Waals surface area contributed by atoms with Gasteiger partial charge in [-0.25, -0.2) is 4.39 Å². The van der Waals surface area contributed by atoms with Crippen LogP contribution in [0.15, 0.2) is 42.5 Å². The number of carbonyl (C=O) groups excluding carboxylic acids is 1. The Labute approximate surface area is 145 Å². The van der Waals surface area contributed by atoms with Crippen LogP contribution in [0.2, 0.25) is 0 Å². The van der Waals surface area contributed by atoms with Crippen molar-refractivity contribution in [1.29, 1.82) is 0 Å². The molecule has 25 heavy (non-hydrogen) atoms. The summed E-state index contributed by atoms with van der Waals surface area (Å²) in [6.45, 7) is 4.67. The van der Waals surface area contributed by atoms with Crippen LogP contribution in [0, 0.1) is 13.8 Å². The van der Waals surface area contributed by atoms with Crippen molar-refractivity contribution in [1.82, 2.24) is 10.3 Å². The number of hydrogen-bond acceptors (Lipinski definition) is 2. The summed E-state index contributed by atoms with van der Waals surface area (Å²) in [4.78, 5) is 15.9. The fraction of sp³-hybridized carbons (Fsp3) is 0.250. The fourth-order valence-corrected chi connectivity index (χ4v) is 3.23. The second kappa shape index (κ2) is 5.70. The van der Waals surface area contributed by atoms with Crippen molar-refractivity contribution in [2.45, 2.75) is 19.5 Å². The summed E-state index contributed by atoms with van der Waals surface area (Å²) in [6, 6.07) is 12.6. The molecular weight excluding hydrogens is 317 g/mol. The number of anilines is 1. The smallest absolute Gasteiger partial charge is 0.255 e. The number of fused-ring (bicyclic) bond motifs is 1. The Bertz CT molecular complexity index is 972. The van der Waals surface area contributed by atoms with Gasteiger partial charge in [-0.2, -0.15) is 0 Å². The lowest BCUT2D eigenvalue weighted by molar-refractivity contribution is 0.0889. The minimum atomic E-state index is -1.37. The van der Waals surface area contributed by atoms with E-state index in [1.54, 1.807) is 24.3 Å². The van der Waals surface area contributed by atoms with Crippen LogP contribution in [0.25, 0.3) is 10.9 Å². The number of carbonyl (C=O) groups is 1. The Balaban J connectivity index is 1.60. The highest BCUT2D eigenvalue weighted by molar-refractivity contribution is 6.05. The van der Waals surface area contributed by atoms with Crippen LogP contribution < -0.4 is 10.6 Å². The summed E-state index contributed by atoms with van der Waals surface area (Å²) < 4.78 is 14.5. The van der Waals surface area contributed by atoms with Crippen LogP contribution >= 0.6 is 0 Å². The van der Waals surface area contributed by atoms with E-state index in [2.05, 4.69) is 22.5 Å². The highest BCUT2D eigenvalue weighted by Crippen LogP contribution is 2.30. The van der Waals surface area contributed by atoms with E-state index in [1.165, 1.54) is 5.56 Å². The number of aromatic nitrogens is 1. The van der Waals surface area contributed by atoms with E-state index in [1.807, 2.05) is 25.1 Å². The van der Waals surface area contributed by atoms with Gasteiger partial charge in [-0.1, -0.05) is 12.1 Å². The van der Waals surface area contributed by atoms with Gasteiger partial charge < -0.3 is 15.6 Å². The van der Waals surface area contributed by atoms with Crippen molar-refractivity contribution in [3.8, 4) is 0 Å². The molecule has 1 fully saturated rings. The summed E-state index contributed by atoms with van der Waals surface area (Å²) in [7, 11) is 0. The maximum Gasteiger partial charge on any atom is 0.255 e. The van der Waals surface area contributed by atoms with Gasteiger partial charge in [0.2, 0.25) is 0 Å². The molecule has 1 amide bonds. The van der Waals surface area contributed by atoms with E-state index in [9.17, 15) is 9.18 Å². The van der Waals surface area contributed by atoms with Crippen LogP contribution in [0.3, 0.4) is 0 Å². The van der Waals surface area contributed by atoms with Crippen molar-refractivity contribution in [3.63, 3.8) is 0 Å². The van der Waals surface area contributed by atoms with Crippen molar-refractivity contribution >= 4 is 22.5 Å². The van der Waals surface area contributed by atoms with Crippen LogP contribution in [0.1, 0.15) is 27.2 Å². The lowest BCUT2D eigenvalue weighted by Gasteiger charge is -2.35. The molecule has 4 rings (SSSR count). The Morgan fingerprint density at radius 2 is 1.96 bits per heavy atom. The first-order chi connectivity index (χ1) is 12.0. The van der Waals surface area contributed by atoms with E-state index in [0.717, 1.165) is 22.3 Å². The molecule has 3 N–H and O–H groups in total. The number of halogens is 1. The Morgan fingerprint density at radius 3 is 2.68 bits per heavy atom. The summed E-state index contributed by atoms with van der Waals surface area (Å²) >= 11 is 0. The number of alkyl halides is 1. The molecule has 0 saturated carbocycles. The van der Waals surface area contributed by atoms with Crippen molar-refractivity contribution in [2.24, 2.45) is 0 Å². The van der Waals surface area contributed by atoms with Gasteiger partial charge in [-0.05, 0) is 55.3 Å². The molecule has 1 saturated heterocycles. The van der Waals surface area contributed by atoms with Gasteiger partial charge >= 0.3 is 0 Å². The van der Waals surface area contributed by atoms with Crippen LogP contribution in [-0.2, 0) is 5.67 Å². The zero-order valence-corrected chi connectivity index (χ0v) is 14.2. The molecule has 1 aromatic heterocycles. The molecule has 0 bridgehead atoms. The summed E-state index contributed by atoms with van der Waals surface area (Å²) in [5.74, 6) is -0.234. The van der Waals surface area contributed by atoms with E-state index >= 15 is 0 Å². The van der Waals surface area contributed by atoms with E-state index in [4.69, 9.17) is 0 Å². The molecule has 0 spiro atoms. The van der Waals surface area contributed by atoms with Gasteiger partial charge in [-0.3, -0.25) is 4.79 Å². The van der Waals surface area contributed by atoms with Crippen LogP contribution in [0.4, 0.5) is 10.1 Å². The topological polar surface area (TPSA) is 56.9 Å². The second-order valence-corrected chi connectivity index (χ2v) is 6.74. The number of benzene rings is 2. The molecule has 0 radical (unpaired) electrons. The lowest BCUT2D eigenvalue weighted by Crippen LogP contribution is -2.53. The molecule has 1 aliphatic heterocycles. The first kappa shape index (κ1) is 15.8. The average Bonchev–Trinajstić information content (AvgIpc) is 2.87. The SMILES string of the molecule is Cc1[nH]c2ccc(NC(=O)c3cccc(C4(F)CNC4)c3)cc2c1C. The largest absolute Gasteiger partial charge is 0.358 e. The van der Waals surface area contributed by atoms with Crippen molar-refractivity contribution in [3.05, 3.63) is 64.8 Å². The number of amides is 1. The first-order valence-corrected chi connectivity index (χ1v) is 8.37.